The van der Waals surface area contributed by atoms with Gasteiger partial charge < -0.3 is 4.90 Å². The van der Waals surface area contributed by atoms with Gasteiger partial charge in [0.2, 0.25) is 0 Å². The highest BCUT2D eigenvalue weighted by molar-refractivity contribution is 5.77. The molecule has 2 aliphatic rings. The van der Waals surface area contributed by atoms with E-state index in [-0.39, 0.29) is 0 Å². The number of allylic oxidation sites excluding steroid dienone is 1. The van der Waals surface area contributed by atoms with Gasteiger partial charge in [-0.3, -0.25) is 0 Å². The Labute approximate surface area is 116 Å². The molecule has 0 saturated carbocycles. The zero-order valence-corrected chi connectivity index (χ0v) is 12.1. The number of rotatable bonds is 2. The Balaban J connectivity index is 1.95. The van der Waals surface area contributed by atoms with E-state index < -0.39 is 0 Å². The molecule has 0 amide bonds. The van der Waals surface area contributed by atoms with Gasteiger partial charge in [-0.25, -0.2) is 0 Å². The maximum Gasteiger partial charge on any atom is 0.0375 e. The lowest BCUT2D eigenvalue weighted by Crippen LogP contribution is -2.19. The Bertz CT molecular complexity index is 541. The maximum atomic E-state index is 4.28. The molecule has 1 aliphatic heterocycles. The predicted octanol–water partition coefficient (Wildman–Crippen LogP) is 4.21. The Kier molecular flexibility index (Phi) is 3.00. The smallest absolute Gasteiger partial charge is 0.0375 e. The fourth-order valence-corrected chi connectivity index (χ4v) is 3.45. The Morgan fingerprint density at radius 1 is 1.37 bits per heavy atom. The van der Waals surface area contributed by atoms with Crippen molar-refractivity contribution in [2.45, 2.75) is 26.7 Å². The van der Waals surface area contributed by atoms with Crippen LogP contribution in [-0.2, 0) is 6.42 Å². The topological polar surface area (TPSA) is 3.24 Å². The lowest BCUT2D eigenvalue weighted by Gasteiger charge is -2.20. The summed E-state index contributed by atoms with van der Waals surface area (Å²) in [6, 6.07) is 4.72. The molecule has 1 aliphatic carbocycles. The molecule has 1 heteroatoms. The van der Waals surface area contributed by atoms with Crippen LogP contribution in [0.2, 0.25) is 0 Å². The molecule has 19 heavy (non-hydrogen) atoms. The van der Waals surface area contributed by atoms with Crippen molar-refractivity contribution in [3.05, 3.63) is 48.1 Å². The number of hydrogen-bond acceptors (Lipinski definition) is 1. The Morgan fingerprint density at radius 3 is 2.84 bits per heavy atom. The van der Waals surface area contributed by atoms with Crippen molar-refractivity contribution < 1.29 is 0 Å². The van der Waals surface area contributed by atoms with Crippen LogP contribution in [0.4, 0.5) is 5.69 Å². The molecule has 100 valence electrons. The van der Waals surface area contributed by atoms with Crippen LogP contribution in [0.1, 0.15) is 30.0 Å². The fourth-order valence-electron chi connectivity index (χ4n) is 3.45. The summed E-state index contributed by atoms with van der Waals surface area (Å²) in [5.41, 5.74) is 7.04. The van der Waals surface area contributed by atoms with Crippen LogP contribution >= 0.6 is 0 Å². The summed E-state index contributed by atoms with van der Waals surface area (Å²) in [5, 5.41) is 0. The van der Waals surface area contributed by atoms with Gasteiger partial charge in [0, 0.05) is 18.8 Å². The molecule has 1 nitrogen and oxygen atoms in total. The lowest BCUT2D eigenvalue weighted by atomic mass is 10.0. The number of aryl methyl sites for hydroxylation is 1. The molecule has 1 fully saturated rings. The normalized spacial score (nSPS) is 25.8. The fraction of sp³-hybridized carbons (Fsp3) is 0.444. The van der Waals surface area contributed by atoms with Gasteiger partial charge in [0.05, 0.1) is 0 Å². The van der Waals surface area contributed by atoms with E-state index in [1.165, 1.54) is 34.4 Å². The quantitative estimate of drug-likeness (QED) is 0.714. The van der Waals surface area contributed by atoms with Gasteiger partial charge in [0.1, 0.15) is 0 Å². The van der Waals surface area contributed by atoms with Crippen molar-refractivity contribution in [3.8, 4) is 0 Å². The SMILES string of the molecule is C=CC1CCN(c2cc(C)c3c(c2)C(=C)C(C)C3)C1. The summed E-state index contributed by atoms with van der Waals surface area (Å²) >= 11 is 0. The van der Waals surface area contributed by atoms with E-state index in [0.717, 1.165) is 19.5 Å². The van der Waals surface area contributed by atoms with E-state index >= 15 is 0 Å². The van der Waals surface area contributed by atoms with Crippen LogP contribution in [0.3, 0.4) is 0 Å². The van der Waals surface area contributed by atoms with Gasteiger partial charge in [-0.1, -0.05) is 19.6 Å². The van der Waals surface area contributed by atoms with Crippen LogP contribution in [0.5, 0.6) is 0 Å². The largest absolute Gasteiger partial charge is 0.371 e. The second kappa shape index (κ2) is 4.56. The van der Waals surface area contributed by atoms with Gasteiger partial charge in [-0.2, -0.15) is 0 Å². The van der Waals surface area contributed by atoms with Crippen molar-refractivity contribution in [1.29, 1.82) is 0 Å². The molecular weight excluding hydrogens is 230 g/mol. The number of nitrogens with zero attached hydrogens (tertiary/aromatic N) is 1. The van der Waals surface area contributed by atoms with Gasteiger partial charge in [-0.15, -0.1) is 6.58 Å². The molecular formula is C18H23N. The van der Waals surface area contributed by atoms with Crippen LogP contribution in [-0.4, -0.2) is 13.1 Å². The van der Waals surface area contributed by atoms with E-state index in [0.29, 0.717) is 11.8 Å². The van der Waals surface area contributed by atoms with Gasteiger partial charge >= 0.3 is 0 Å². The van der Waals surface area contributed by atoms with Crippen molar-refractivity contribution in [1.82, 2.24) is 0 Å². The number of anilines is 1. The molecule has 1 saturated heterocycles. The zero-order chi connectivity index (χ0) is 13.6. The monoisotopic (exact) mass is 253 g/mol. The third kappa shape index (κ3) is 2.01. The molecule has 2 atom stereocenters. The van der Waals surface area contributed by atoms with E-state index in [4.69, 9.17) is 0 Å². The van der Waals surface area contributed by atoms with Crippen molar-refractivity contribution >= 4 is 11.3 Å². The summed E-state index contributed by atoms with van der Waals surface area (Å²) in [7, 11) is 0. The van der Waals surface area contributed by atoms with E-state index in [9.17, 15) is 0 Å². The highest BCUT2D eigenvalue weighted by Gasteiger charge is 2.26. The van der Waals surface area contributed by atoms with Crippen LogP contribution < -0.4 is 4.90 Å². The predicted molar refractivity (Wildman–Crippen MR) is 83.6 cm³/mol. The van der Waals surface area contributed by atoms with Gasteiger partial charge in [-0.05, 0) is 66.0 Å². The van der Waals surface area contributed by atoms with Crippen LogP contribution in [0.25, 0.3) is 5.57 Å². The van der Waals surface area contributed by atoms with Crippen LogP contribution in [0.15, 0.2) is 31.4 Å². The molecule has 1 aromatic carbocycles. The molecule has 0 spiro atoms. The van der Waals surface area contributed by atoms with E-state index in [2.05, 4.69) is 50.1 Å². The molecule has 3 rings (SSSR count). The standard InChI is InChI=1S/C18H23N/c1-5-15-6-7-19(11-15)16-8-13(3)17-9-12(2)14(4)18(17)10-16/h5,8,10,12,15H,1,4,6-7,9,11H2,2-3H3. The number of hydrogen-bond donors (Lipinski definition) is 0. The molecule has 1 heterocycles. The molecule has 0 aromatic heterocycles. The number of fused-ring (bicyclic) bond motifs is 1. The first-order valence-electron chi connectivity index (χ1n) is 7.30. The molecule has 0 radical (unpaired) electrons. The van der Waals surface area contributed by atoms with Crippen molar-refractivity contribution in [2.24, 2.45) is 11.8 Å². The van der Waals surface area contributed by atoms with E-state index in [1.54, 1.807) is 0 Å². The highest BCUT2D eigenvalue weighted by atomic mass is 15.1. The second-order valence-corrected chi connectivity index (χ2v) is 6.15. The molecule has 1 aromatic rings. The molecule has 0 N–H and O–H groups in total. The zero-order valence-electron chi connectivity index (χ0n) is 12.1. The molecule has 2 unspecified atom stereocenters. The molecule has 0 bridgehead atoms. The Hall–Kier alpha value is -1.50. The van der Waals surface area contributed by atoms with E-state index in [1.807, 2.05) is 0 Å². The number of benzene rings is 1. The minimum absolute atomic E-state index is 0.600. The first-order valence-corrected chi connectivity index (χ1v) is 7.30. The highest BCUT2D eigenvalue weighted by Crippen LogP contribution is 2.40. The Morgan fingerprint density at radius 2 is 2.16 bits per heavy atom. The summed E-state index contributed by atoms with van der Waals surface area (Å²) < 4.78 is 0. The summed E-state index contributed by atoms with van der Waals surface area (Å²) in [6.07, 6.45) is 4.49. The first-order chi connectivity index (χ1) is 9.10. The third-order valence-electron chi connectivity index (χ3n) is 4.83. The average Bonchev–Trinajstić information content (AvgIpc) is 2.97. The third-order valence-corrected chi connectivity index (χ3v) is 4.83. The summed E-state index contributed by atoms with van der Waals surface area (Å²) in [4.78, 5) is 2.50. The lowest BCUT2D eigenvalue weighted by molar-refractivity contribution is 0.741. The minimum Gasteiger partial charge on any atom is -0.371 e. The minimum atomic E-state index is 0.600. The maximum absolute atomic E-state index is 4.28. The van der Waals surface area contributed by atoms with Crippen molar-refractivity contribution in [3.63, 3.8) is 0 Å². The first kappa shape index (κ1) is 12.5. The van der Waals surface area contributed by atoms with Crippen molar-refractivity contribution in [2.75, 3.05) is 18.0 Å². The average molecular weight is 253 g/mol. The van der Waals surface area contributed by atoms with Gasteiger partial charge in [0.25, 0.3) is 0 Å². The van der Waals surface area contributed by atoms with Crippen LogP contribution in [0, 0.1) is 18.8 Å². The summed E-state index contributed by atoms with van der Waals surface area (Å²) in [6.45, 7) is 15.0. The van der Waals surface area contributed by atoms with Gasteiger partial charge in [0.15, 0.2) is 0 Å². The second-order valence-electron chi connectivity index (χ2n) is 6.15. The summed E-state index contributed by atoms with van der Waals surface area (Å²) in [5.74, 6) is 1.25.